The highest BCUT2D eigenvalue weighted by molar-refractivity contribution is 9.11. The van der Waals surface area contributed by atoms with E-state index >= 15 is 0 Å². The minimum atomic E-state index is 0.817. The maximum atomic E-state index is 4.02. The number of thiophene rings is 1. The second kappa shape index (κ2) is 3.53. The molecule has 0 aliphatic rings. The molecule has 0 aromatic carbocycles. The molecule has 0 aliphatic carbocycles. The van der Waals surface area contributed by atoms with E-state index in [1.807, 2.05) is 11.4 Å². The molecule has 0 saturated carbocycles. The van der Waals surface area contributed by atoms with E-state index < -0.39 is 0 Å². The standard InChI is InChI=1S/C6H2Br2N2S2/c7-3-1-2-11-4(3)5-9-10-6(8)12-5/h1-2H. The van der Waals surface area contributed by atoms with Crippen LogP contribution < -0.4 is 0 Å². The summed E-state index contributed by atoms with van der Waals surface area (Å²) in [6.45, 7) is 0. The van der Waals surface area contributed by atoms with Crippen LogP contribution in [-0.2, 0) is 0 Å². The zero-order chi connectivity index (χ0) is 8.55. The maximum Gasteiger partial charge on any atom is 0.183 e. The predicted molar refractivity (Wildman–Crippen MR) is 58.6 cm³/mol. The van der Waals surface area contributed by atoms with E-state index in [2.05, 4.69) is 42.1 Å². The van der Waals surface area contributed by atoms with E-state index in [1.165, 1.54) is 11.3 Å². The van der Waals surface area contributed by atoms with E-state index in [4.69, 9.17) is 0 Å². The summed E-state index contributed by atoms with van der Waals surface area (Å²) in [7, 11) is 0. The Balaban J connectivity index is 2.50. The minimum Gasteiger partial charge on any atom is -0.140 e. The molecule has 0 fully saturated rings. The lowest BCUT2D eigenvalue weighted by atomic mass is 10.5. The quantitative estimate of drug-likeness (QED) is 0.797. The van der Waals surface area contributed by atoms with Crippen LogP contribution in [0.25, 0.3) is 9.88 Å². The Hall–Kier alpha value is 0.220. The van der Waals surface area contributed by atoms with Gasteiger partial charge in [0.05, 0.1) is 4.88 Å². The van der Waals surface area contributed by atoms with Gasteiger partial charge in [-0.05, 0) is 43.3 Å². The average molecular weight is 326 g/mol. The fraction of sp³-hybridized carbons (Fsp3) is 0. The predicted octanol–water partition coefficient (Wildman–Crippen LogP) is 3.79. The first kappa shape index (κ1) is 8.80. The Bertz CT molecular complexity index is 396. The molecule has 2 rings (SSSR count). The molecule has 0 aliphatic heterocycles. The molecule has 0 saturated heterocycles. The summed E-state index contributed by atoms with van der Waals surface area (Å²) < 4.78 is 1.90. The normalized spacial score (nSPS) is 10.5. The summed E-state index contributed by atoms with van der Waals surface area (Å²) in [5, 5.41) is 10.9. The van der Waals surface area contributed by atoms with E-state index in [1.54, 1.807) is 11.3 Å². The fourth-order valence-electron chi connectivity index (χ4n) is 0.743. The second-order valence-electron chi connectivity index (χ2n) is 1.96. The smallest absolute Gasteiger partial charge is 0.140 e. The van der Waals surface area contributed by atoms with Crippen molar-refractivity contribution in [1.29, 1.82) is 0 Å². The SMILES string of the molecule is Brc1nnc(-c2sccc2Br)s1. The molecule has 2 heterocycles. The van der Waals surface area contributed by atoms with Gasteiger partial charge in [-0.1, -0.05) is 11.3 Å². The number of nitrogens with zero attached hydrogens (tertiary/aromatic N) is 2. The van der Waals surface area contributed by atoms with Crippen LogP contribution in [0.15, 0.2) is 19.8 Å². The molecular weight excluding hydrogens is 324 g/mol. The number of hydrogen-bond donors (Lipinski definition) is 0. The lowest BCUT2D eigenvalue weighted by Gasteiger charge is -1.87. The topological polar surface area (TPSA) is 25.8 Å². The van der Waals surface area contributed by atoms with E-state index in [9.17, 15) is 0 Å². The van der Waals surface area contributed by atoms with Crippen LogP contribution in [0.4, 0.5) is 0 Å². The fourth-order valence-corrected chi connectivity index (χ4v) is 3.65. The summed E-state index contributed by atoms with van der Waals surface area (Å²) in [4.78, 5) is 1.14. The summed E-state index contributed by atoms with van der Waals surface area (Å²) in [5.74, 6) is 0. The molecule has 2 nitrogen and oxygen atoms in total. The van der Waals surface area contributed by atoms with Crippen molar-refractivity contribution in [2.45, 2.75) is 0 Å². The third-order valence-electron chi connectivity index (χ3n) is 1.21. The van der Waals surface area contributed by atoms with Gasteiger partial charge in [0.15, 0.2) is 8.92 Å². The molecule has 2 aromatic heterocycles. The molecule has 0 unspecified atom stereocenters. The van der Waals surface area contributed by atoms with Gasteiger partial charge in [0, 0.05) is 4.47 Å². The van der Waals surface area contributed by atoms with Crippen molar-refractivity contribution < 1.29 is 0 Å². The van der Waals surface area contributed by atoms with Crippen LogP contribution in [0.3, 0.4) is 0 Å². The molecular formula is C6H2Br2N2S2. The molecule has 6 heteroatoms. The average Bonchev–Trinajstić information content (AvgIpc) is 2.58. The molecule has 12 heavy (non-hydrogen) atoms. The van der Waals surface area contributed by atoms with Crippen molar-refractivity contribution >= 4 is 54.5 Å². The molecule has 0 N–H and O–H groups in total. The van der Waals surface area contributed by atoms with Crippen molar-refractivity contribution in [3.05, 3.63) is 19.8 Å². The van der Waals surface area contributed by atoms with Crippen LogP contribution in [0.5, 0.6) is 0 Å². The van der Waals surface area contributed by atoms with Crippen molar-refractivity contribution in [2.75, 3.05) is 0 Å². The first-order valence-electron chi connectivity index (χ1n) is 3.00. The van der Waals surface area contributed by atoms with Gasteiger partial charge in [0.2, 0.25) is 0 Å². The third kappa shape index (κ3) is 1.61. The zero-order valence-electron chi connectivity index (χ0n) is 5.62. The molecule has 0 amide bonds. The summed E-state index contributed by atoms with van der Waals surface area (Å²) in [6.07, 6.45) is 0. The van der Waals surface area contributed by atoms with Crippen LogP contribution in [0.1, 0.15) is 0 Å². The monoisotopic (exact) mass is 324 g/mol. The Kier molecular flexibility index (Phi) is 2.59. The van der Waals surface area contributed by atoms with Crippen molar-refractivity contribution in [1.82, 2.24) is 10.2 Å². The van der Waals surface area contributed by atoms with Gasteiger partial charge < -0.3 is 0 Å². The lowest BCUT2D eigenvalue weighted by Crippen LogP contribution is -1.70. The molecule has 2 aromatic rings. The van der Waals surface area contributed by atoms with Gasteiger partial charge in [-0.25, -0.2) is 0 Å². The van der Waals surface area contributed by atoms with Crippen LogP contribution in [0.2, 0.25) is 0 Å². The number of halogens is 2. The van der Waals surface area contributed by atoms with Crippen LogP contribution in [-0.4, -0.2) is 10.2 Å². The van der Waals surface area contributed by atoms with Gasteiger partial charge in [-0.3, -0.25) is 0 Å². The molecule has 62 valence electrons. The van der Waals surface area contributed by atoms with E-state index in [0.29, 0.717) is 0 Å². The summed E-state index contributed by atoms with van der Waals surface area (Å²) in [5.41, 5.74) is 0. The first-order valence-corrected chi connectivity index (χ1v) is 6.28. The Morgan fingerprint density at radius 3 is 2.58 bits per heavy atom. The third-order valence-corrected chi connectivity index (χ3v) is 4.56. The van der Waals surface area contributed by atoms with Gasteiger partial charge >= 0.3 is 0 Å². The number of rotatable bonds is 1. The van der Waals surface area contributed by atoms with Crippen LogP contribution >= 0.6 is 54.5 Å². The Labute approximate surface area is 93.9 Å². The Morgan fingerprint density at radius 2 is 2.08 bits per heavy atom. The Morgan fingerprint density at radius 1 is 1.25 bits per heavy atom. The van der Waals surface area contributed by atoms with E-state index in [-0.39, 0.29) is 0 Å². The minimum absolute atomic E-state index is 0.817. The van der Waals surface area contributed by atoms with Crippen LogP contribution in [0, 0.1) is 0 Å². The van der Waals surface area contributed by atoms with Gasteiger partial charge in [0.1, 0.15) is 0 Å². The summed E-state index contributed by atoms with van der Waals surface area (Å²) >= 11 is 9.91. The highest BCUT2D eigenvalue weighted by Gasteiger charge is 2.09. The molecule has 0 atom stereocenters. The first-order chi connectivity index (χ1) is 5.77. The number of aromatic nitrogens is 2. The van der Waals surface area contributed by atoms with Crippen molar-refractivity contribution in [3.63, 3.8) is 0 Å². The highest BCUT2D eigenvalue weighted by atomic mass is 79.9. The molecule has 0 radical (unpaired) electrons. The maximum absolute atomic E-state index is 4.02. The van der Waals surface area contributed by atoms with Crippen molar-refractivity contribution in [3.8, 4) is 9.88 Å². The molecule has 0 spiro atoms. The molecule has 0 bridgehead atoms. The van der Waals surface area contributed by atoms with Gasteiger partial charge in [0.25, 0.3) is 0 Å². The lowest BCUT2D eigenvalue weighted by molar-refractivity contribution is 1.08. The van der Waals surface area contributed by atoms with Gasteiger partial charge in [-0.2, -0.15) is 0 Å². The highest BCUT2D eigenvalue weighted by Crippen LogP contribution is 2.35. The zero-order valence-corrected chi connectivity index (χ0v) is 10.4. The van der Waals surface area contributed by atoms with Gasteiger partial charge in [-0.15, -0.1) is 21.5 Å². The summed E-state index contributed by atoms with van der Waals surface area (Å²) in [6, 6.07) is 2.01. The van der Waals surface area contributed by atoms with Crippen molar-refractivity contribution in [2.24, 2.45) is 0 Å². The largest absolute Gasteiger partial charge is 0.183 e. The van der Waals surface area contributed by atoms with E-state index in [0.717, 1.165) is 18.3 Å². The number of hydrogen-bond acceptors (Lipinski definition) is 4. The second-order valence-corrected chi connectivity index (χ2v) is 5.98.